The first-order valence-electron chi connectivity index (χ1n) is 3.86. The first-order chi connectivity index (χ1) is 6.90. The normalized spacial score (nSPS) is 10.2. The molecule has 1 heterocycles. The van der Waals surface area contributed by atoms with E-state index in [-0.39, 0.29) is 0 Å². The standard InChI is InChI=1S/C8H6N4S2/c9-5-13-6-14-12-10-7-3-1-2-4-8(7)11-12/h1-4H,6H2. The van der Waals surface area contributed by atoms with Crippen molar-refractivity contribution in [3.8, 4) is 5.40 Å². The van der Waals surface area contributed by atoms with Gasteiger partial charge in [0.2, 0.25) is 0 Å². The van der Waals surface area contributed by atoms with Crippen LogP contribution in [0.4, 0.5) is 0 Å². The Bertz CT molecular complexity index is 440. The number of rotatable bonds is 3. The Morgan fingerprint density at radius 2 is 1.93 bits per heavy atom. The molecule has 0 aliphatic heterocycles. The highest BCUT2D eigenvalue weighted by molar-refractivity contribution is 8.17. The Labute approximate surface area is 89.4 Å². The van der Waals surface area contributed by atoms with Gasteiger partial charge < -0.3 is 0 Å². The van der Waals surface area contributed by atoms with Gasteiger partial charge in [-0.1, -0.05) is 12.1 Å². The number of benzene rings is 1. The van der Waals surface area contributed by atoms with E-state index in [1.54, 1.807) is 4.20 Å². The lowest BCUT2D eigenvalue weighted by Gasteiger charge is -1.91. The summed E-state index contributed by atoms with van der Waals surface area (Å²) in [5.74, 6) is 0. The van der Waals surface area contributed by atoms with E-state index in [4.69, 9.17) is 5.26 Å². The van der Waals surface area contributed by atoms with Crippen LogP contribution in [0.15, 0.2) is 24.3 Å². The van der Waals surface area contributed by atoms with E-state index < -0.39 is 0 Å². The number of thiocyanates is 1. The Morgan fingerprint density at radius 3 is 2.50 bits per heavy atom. The quantitative estimate of drug-likeness (QED) is 0.452. The lowest BCUT2D eigenvalue weighted by molar-refractivity contribution is 0.883. The molecule has 0 unspecified atom stereocenters. The van der Waals surface area contributed by atoms with Crippen LogP contribution >= 0.6 is 23.7 Å². The third-order valence-electron chi connectivity index (χ3n) is 1.56. The molecule has 1 aromatic heterocycles. The lowest BCUT2D eigenvalue weighted by Crippen LogP contribution is -1.91. The summed E-state index contributed by atoms with van der Waals surface area (Å²) in [5, 5.41) is 19.4. The third-order valence-corrected chi connectivity index (χ3v) is 2.98. The maximum Gasteiger partial charge on any atom is 0.134 e. The smallest absolute Gasteiger partial charge is 0.134 e. The minimum atomic E-state index is 0.636. The van der Waals surface area contributed by atoms with E-state index in [0.717, 1.165) is 11.0 Å². The number of aromatic nitrogens is 3. The van der Waals surface area contributed by atoms with Crippen molar-refractivity contribution < 1.29 is 0 Å². The van der Waals surface area contributed by atoms with Crippen LogP contribution in [0.1, 0.15) is 0 Å². The largest absolute Gasteiger partial charge is 0.185 e. The molecule has 14 heavy (non-hydrogen) atoms. The fraction of sp³-hybridized carbons (Fsp3) is 0.125. The van der Waals surface area contributed by atoms with Crippen molar-refractivity contribution in [2.45, 2.75) is 0 Å². The average molecular weight is 222 g/mol. The number of hydrogen-bond acceptors (Lipinski definition) is 5. The maximum absolute atomic E-state index is 8.33. The van der Waals surface area contributed by atoms with Gasteiger partial charge in [0.25, 0.3) is 0 Å². The predicted molar refractivity (Wildman–Crippen MR) is 58.6 cm³/mol. The average Bonchev–Trinajstić information content (AvgIpc) is 2.60. The Hall–Kier alpha value is -1.19. The number of nitrogens with zero attached hydrogens (tertiary/aromatic N) is 4. The molecule has 1 aromatic carbocycles. The zero-order chi connectivity index (χ0) is 9.80. The Balaban J connectivity index is 2.15. The molecule has 0 radical (unpaired) electrons. The van der Waals surface area contributed by atoms with Crippen LogP contribution < -0.4 is 0 Å². The van der Waals surface area contributed by atoms with E-state index in [1.165, 1.54) is 23.7 Å². The van der Waals surface area contributed by atoms with Crippen LogP contribution in [0.5, 0.6) is 0 Å². The zero-order valence-corrected chi connectivity index (χ0v) is 8.75. The monoisotopic (exact) mass is 222 g/mol. The molecular formula is C8H6N4S2. The van der Waals surface area contributed by atoms with Crippen molar-refractivity contribution >= 4 is 34.7 Å². The number of hydrogen-bond donors (Lipinski definition) is 0. The minimum Gasteiger partial charge on any atom is -0.185 e. The molecule has 6 heteroatoms. The topological polar surface area (TPSA) is 54.5 Å². The van der Waals surface area contributed by atoms with Crippen LogP contribution in [0, 0.1) is 10.7 Å². The zero-order valence-electron chi connectivity index (χ0n) is 7.12. The second kappa shape index (κ2) is 4.35. The molecule has 0 saturated heterocycles. The van der Waals surface area contributed by atoms with Crippen molar-refractivity contribution in [1.82, 2.24) is 14.4 Å². The molecule has 2 aromatic rings. The molecule has 70 valence electrons. The van der Waals surface area contributed by atoms with Gasteiger partial charge in [0.05, 0.1) is 5.08 Å². The van der Waals surface area contributed by atoms with Crippen molar-refractivity contribution in [3.05, 3.63) is 24.3 Å². The molecule has 0 bridgehead atoms. The fourth-order valence-electron chi connectivity index (χ4n) is 0.998. The summed E-state index contributed by atoms with van der Waals surface area (Å²) in [5.41, 5.74) is 1.75. The van der Waals surface area contributed by atoms with E-state index in [0.29, 0.717) is 5.08 Å². The van der Waals surface area contributed by atoms with E-state index in [9.17, 15) is 0 Å². The molecule has 4 nitrogen and oxygen atoms in total. The van der Waals surface area contributed by atoms with Crippen molar-refractivity contribution in [2.75, 3.05) is 5.08 Å². The minimum absolute atomic E-state index is 0.636. The summed E-state index contributed by atoms with van der Waals surface area (Å²) in [4.78, 5) is 0. The molecule has 0 aliphatic rings. The maximum atomic E-state index is 8.33. The van der Waals surface area contributed by atoms with Crippen LogP contribution in [0.25, 0.3) is 11.0 Å². The van der Waals surface area contributed by atoms with Crippen LogP contribution in [-0.4, -0.2) is 19.5 Å². The fourth-order valence-corrected chi connectivity index (χ4v) is 2.09. The van der Waals surface area contributed by atoms with Crippen LogP contribution in [0.3, 0.4) is 0 Å². The second-order valence-electron chi connectivity index (χ2n) is 2.42. The first kappa shape index (κ1) is 9.37. The van der Waals surface area contributed by atoms with Crippen LogP contribution in [0.2, 0.25) is 0 Å². The number of fused-ring (bicyclic) bond motifs is 1. The predicted octanol–water partition coefficient (Wildman–Crippen LogP) is 2.10. The first-order valence-corrected chi connectivity index (χ1v) is 5.79. The van der Waals surface area contributed by atoms with Gasteiger partial charge in [0.15, 0.2) is 0 Å². The number of nitriles is 1. The van der Waals surface area contributed by atoms with E-state index >= 15 is 0 Å². The summed E-state index contributed by atoms with van der Waals surface area (Å²) in [6.45, 7) is 0. The summed E-state index contributed by atoms with van der Waals surface area (Å²) in [7, 11) is 0. The van der Waals surface area contributed by atoms with Gasteiger partial charge >= 0.3 is 0 Å². The molecule has 0 saturated carbocycles. The molecule has 0 amide bonds. The van der Waals surface area contributed by atoms with Gasteiger partial charge in [-0.3, -0.25) is 0 Å². The van der Waals surface area contributed by atoms with Crippen LogP contribution in [-0.2, 0) is 0 Å². The van der Waals surface area contributed by atoms with E-state index in [2.05, 4.69) is 10.2 Å². The molecule has 0 atom stereocenters. The molecule has 0 spiro atoms. The van der Waals surface area contributed by atoms with E-state index in [1.807, 2.05) is 29.7 Å². The highest BCUT2D eigenvalue weighted by Gasteiger charge is 2.00. The highest BCUT2D eigenvalue weighted by atomic mass is 32.2. The summed E-state index contributed by atoms with van der Waals surface area (Å²) >= 11 is 2.59. The lowest BCUT2D eigenvalue weighted by atomic mass is 10.3. The summed E-state index contributed by atoms with van der Waals surface area (Å²) in [6.07, 6.45) is 0. The van der Waals surface area contributed by atoms with Gasteiger partial charge in [-0.15, -0.1) is 14.4 Å². The Kier molecular flexibility index (Phi) is 2.91. The van der Waals surface area contributed by atoms with Gasteiger partial charge in [-0.25, -0.2) is 0 Å². The van der Waals surface area contributed by atoms with Crippen molar-refractivity contribution in [1.29, 1.82) is 5.26 Å². The van der Waals surface area contributed by atoms with Crippen molar-refractivity contribution in [2.24, 2.45) is 0 Å². The van der Waals surface area contributed by atoms with Gasteiger partial charge in [-0.05, 0) is 23.9 Å². The molecule has 0 N–H and O–H groups in total. The summed E-state index contributed by atoms with van der Waals surface area (Å²) < 4.78 is 1.55. The highest BCUT2D eigenvalue weighted by Crippen LogP contribution is 2.14. The summed E-state index contributed by atoms with van der Waals surface area (Å²) in [6, 6.07) is 7.68. The molecule has 0 aliphatic carbocycles. The van der Waals surface area contributed by atoms with Gasteiger partial charge in [-0.2, -0.15) is 5.26 Å². The molecular weight excluding hydrogens is 216 g/mol. The molecule has 2 rings (SSSR count). The number of thioether (sulfide) groups is 1. The second-order valence-corrected chi connectivity index (χ2v) is 4.42. The van der Waals surface area contributed by atoms with Gasteiger partial charge in [0.1, 0.15) is 16.4 Å². The van der Waals surface area contributed by atoms with Crippen molar-refractivity contribution in [3.63, 3.8) is 0 Å². The Morgan fingerprint density at radius 1 is 1.29 bits per heavy atom. The third kappa shape index (κ3) is 2.00. The van der Waals surface area contributed by atoms with Gasteiger partial charge in [0, 0.05) is 11.9 Å². The SMILES string of the molecule is N#CSCSn1nc2ccccc2n1. The molecule has 0 fully saturated rings.